The summed E-state index contributed by atoms with van der Waals surface area (Å²) in [5, 5.41) is 0. The van der Waals surface area contributed by atoms with Gasteiger partial charge in [-0.05, 0) is 50.2 Å². The van der Waals surface area contributed by atoms with E-state index < -0.39 is 0 Å². The van der Waals surface area contributed by atoms with Gasteiger partial charge in [0.25, 0.3) is 0 Å². The van der Waals surface area contributed by atoms with Crippen LogP contribution in [0.5, 0.6) is 5.75 Å². The average molecular weight is 288 g/mol. The van der Waals surface area contributed by atoms with Crippen LogP contribution in [0.1, 0.15) is 51.9 Å². The van der Waals surface area contributed by atoms with Gasteiger partial charge in [0, 0.05) is 24.3 Å². The van der Waals surface area contributed by atoms with Gasteiger partial charge in [0.05, 0.1) is 12.3 Å². The van der Waals surface area contributed by atoms with Crippen LogP contribution in [-0.2, 0) is 0 Å². The van der Waals surface area contributed by atoms with Crippen molar-refractivity contribution in [2.75, 3.05) is 23.8 Å². The summed E-state index contributed by atoms with van der Waals surface area (Å²) in [5.74, 6) is 1.75. The predicted molar refractivity (Wildman–Crippen MR) is 89.0 cm³/mol. The first kappa shape index (κ1) is 14.6. The topological polar surface area (TPSA) is 38.5 Å². The maximum atomic E-state index is 6.04. The van der Waals surface area contributed by atoms with Crippen molar-refractivity contribution >= 4 is 11.4 Å². The fourth-order valence-corrected chi connectivity index (χ4v) is 3.98. The number of nitrogen functional groups attached to an aromatic ring is 1. The third-order valence-corrected chi connectivity index (χ3v) is 5.03. The molecule has 1 saturated heterocycles. The zero-order valence-corrected chi connectivity index (χ0v) is 13.2. The van der Waals surface area contributed by atoms with E-state index in [9.17, 15) is 0 Å². The second-order valence-corrected chi connectivity index (χ2v) is 6.52. The Morgan fingerprint density at radius 1 is 1.19 bits per heavy atom. The van der Waals surface area contributed by atoms with Crippen LogP contribution in [0.4, 0.5) is 11.4 Å². The molecule has 0 spiro atoms. The van der Waals surface area contributed by atoms with Crippen molar-refractivity contribution in [3.05, 3.63) is 18.2 Å². The first-order valence-corrected chi connectivity index (χ1v) is 8.58. The first-order valence-electron chi connectivity index (χ1n) is 8.58. The van der Waals surface area contributed by atoms with Crippen LogP contribution in [0.3, 0.4) is 0 Å². The number of hydrogen-bond donors (Lipinski definition) is 1. The lowest BCUT2D eigenvalue weighted by atomic mass is 9.95. The van der Waals surface area contributed by atoms with Gasteiger partial charge in [0.1, 0.15) is 5.75 Å². The summed E-state index contributed by atoms with van der Waals surface area (Å²) < 4.78 is 5.80. The van der Waals surface area contributed by atoms with Crippen LogP contribution in [0.25, 0.3) is 0 Å². The van der Waals surface area contributed by atoms with E-state index in [0.29, 0.717) is 0 Å². The van der Waals surface area contributed by atoms with E-state index in [-0.39, 0.29) is 0 Å². The lowest BCUT2D eigenvalue weighted by Crippen LogP contribution is -2.34. The lowest BCUT2D eigenvalue weighted by molar-refractivity contribution is 0.319. The summed E-state index contributed by atoms with van der Waals surface area (Å²) in [5.41, 5.74) is 8.09. The molecule has 0 bridgehead atoms. The minimum absolute atomic E-state index is 0.732. The Bertz CT molecular complexity index is 468. The minimum Gasteiger partial charge on any atom is -0.491 e. The molecule has 0 radical (unpaired) electrons. The molecule has 3 nitrogen and oxygen atoms in total. The number of hydrogen-bond acceptors (Lipinski definition) is 3. The number of nitrogens with two attached hydrogens (primary N) is 1. The quantitative estimate of drug-likeness (QED) is 0.825. The Balaban J connectivity index is 1.78. The van der Waals surface area contributed by atoms with Crippen molar-refractivity contribution < 1.29 is 4.74 Å². The zero-order valence-electron chi connectivity index (χ0n) is 13.2. The molecule has 2 fully saturated rings. The average Bonchev–Trinajstić information content (AvgIpc) is 3.16. The molecule has 1 atom stereocenters. The van der Waals surface area contributed by atoms with Crippen molar-refractivity contribution in [3.63, 3.8) is 0 Å². The van der Waals surface area contributed by atoms with E-state index in [1.54, 1.807) is 0 Å². The Kier molecular flexibility index (Phi) is 4.57. The maximum Gasteiger partial charge on any atom is 0.144 e. The summed E-state index contributed by atoms with van der Waals surface area (Å²) >= 11 is 0. The maximum absolute atomic E-state index is 6.04. The van der Waals surface area contributed by atoms with Crippen molar-refractivity contribution in [1.82, 2.24) is 0 Å². The fraction of sp³-hybridized carbons (Fsp3) is 0.667. The first-order chi connectivity index (χ1) is 10.3. The molecule has 1 unspecified atom stereocenters. The van der Waals surface area contributed by atoms with Gasteiger partial charge in [-0.3, -0.25) is 0 Å². The highest BCUT2D eigenvalue weighted by Crippen LogP contribution is 2.39. The molecule has 1 heterocycles. The van der Waals surface area contributed by atoms with E-state index in [4.69, 9.17) is 10.5 Å². The number of rotatable bonds is 5. The molecule has 0 aromatic heterocycles. The second-order valence-electron chi connectivity index (χ2n) is 6.52. The monoisotopic (exact) mass is 288 g/mol. The van der Waals surface area contributed by atoms with Crippen LogP contribution in [0, 0.1) is 5.92 Å². The van der Waals surface area contributed by atoms with Gasteiger partial charge >= 0.3 is 0 Å². The second kappa shape index (κ2) is 6.59. The third kappa shape index (κ3) is 3.12. The normalized spacial score (nSPS) is 22.9. The lowest BCUT2D eigenvalue weighted by Gasteiger charge is -2.31. The Labute approximate surface area is 128 Å². The van der Waals surface area contributed by atoms with E-state index in [0.717, 1.165) is 36.4 Å². The fourth-order valence-electron chi connectivity index (χ4n) is 3.98. The smallest absolute Gasteiger partial charge is 0.144 e. The molecule has 0 amide bonds. The molecular formula is C18H28N2O. The van der Waals surface area contributed by atoms with E-state index in [2.05, 4.69) is 24.0 Å². The predicted octanol–water partition coefficient (Wildman–Crippen LogP) is 4.22. The van der Waals surface area contributed by atoms with Crippen LogP contribution >= 0.6 is 0 Å². The molecule has 116 valence electrons. The minimum atomic E-state index is 0.732. The van der Waals surface area contributed by atoms with Gasteiger partial charge in [-0.15, -0.1) is 0 Å². The molecule has 1 aromatic rings. The summed E-state index contributed by atoms with van der Waals surface area (Å²) in [6, 6.07) is 7.06. The van der Waals surface area contributed by atoms with Crippen molar-refractivity contribution in [2.45, 2.75) is 57.9 Å². The Morgan fingerprint density at radius 3 is 2.76 bits per heavy atom. The highest BCUT2D eigenvalue weighted by atomic mass is 16.5. The van der Waals surface area contributed by atoms with Crippen LogP contribution in [-0.4, -0.2) is 19.2 Å². The molecule has 2 N–H and O–H groups in total. The molecule has 3 heteroatoms. The van der Waals surface area contributed by atoms with E-state index >= 15 is 0 Å². The van der Waals surface area contributed by atoms with Gasteiger partial charge in [0.2, 0.25) is 0 Å². The van der Waals surface area contributed by atoms with E-state index in [1.807, 2.05) is 6.07 Å². The summed E-state index contributed by atoms with van der Waals surface area (Å²) in [6.07, 6.45) is 9.34. The summed E-state index contributed by atoms with van der Waals surface area (Å²) in [7, 11) is 0. The summed E-state index contributed by atoms with van der Waals surface area (Å²) in [6.45, 7) is 4.04. The molecule has 1 aliphatic carbocycles. The van der Waals surface area contributed by atoms with Crippen LogP contribution in [0.15, 0.2) is 18.2 Å². The van der Waals surface area contributed by atoms with Crippen molar-refractivity contribution in [1.29, 1.82) is 0 Å². The summed E-state index contributed by atoms with van der Waals surface area (Å²) in [4.78, 5) is 2.61. The van der Waals surface area contributed by atoms with Crippen molar-refractivity contribution in [2.24, 2.45) is 5.92 Å². The molecular weight excluding hydrogens is 260 g/mol. The molecule has 2 aliphatic rings. The standard InChI is InChI=1S/C18H28N2O/c1-2-12-21-18-13-15(9-10-16(18)19)20-11-5-8-17(20)14-6-3-4-7-14/h9-10,13-14,17H,2-8,11-12,19H2,1H3. The third-order valence-electron chi connectivity index (χ3n) is 5.03. The zero-order chi connectivity index (χ0) is 14.7. The number of ether oxygens (including phenoxy) is 1. The Hall–Kier alpha value is -1.38. The van der Waals surface area contributed by atoms with Gasteiger partial charge in [-0.25, -0.2) is 0 Å². The molecule has 1 aliphatic heterocycles. The highest BCUT2D eigenvalue weighted by Gasteiger charge is 2.33. The highest BCUT2D eigenvalue weighted by molar-refractivity contribution is 5.63. The number of nitrogens with zero attached hydrogens (tertiary/aromatic N) is 1. The van der Waals surface area contributed by atoms with Gasteiger partial charge in [-0.1, -0.05) is 19.8 Å². The molecule has 3 rings (SSSR count). The van der Waals surface area contributed by atoms with Gasteiger partial charge < -0.3 is 15.4 Å². The van der Waals surface area contributed by atoms with Crippen LogP contribution in [0.2, 0.25) is 0 Å². The molecule has 1 aromatic carbocycles. The number of benzene rings is 1. The molecule has 1 saturated carbocycles. The van der Waals surface area contributed by atoms with Gasteiger partial charge in [-0.2, -0.15) is 0 Å². The largest absolute Gasteiger partial charge is 0.491 e. The van der Waals surface area contributed by atoms with Gasteiger partial charge in [0.15, 0.2) is 0 Å². The molecule has 21 heavy (non-hydrogen) atoms. The van der Waals surface area contributed by atoms with E-state index in [1.165, 1.54) is 50.8 Å². The SMILES string of the molecule is CCCOc1cc(N2CCCC2C2CCCC2)ccc1N. The Morgan fingerprint density at radius 2 is 2.00 bits per heavy atom. The number of anilines is 2. The van der Waals surface area contributed by atoms with Crippen LogP contribution < -0.4 is 15.4 Å². The van der Waals surface area contributed by atoms with Crippen molar-refractivity contribution in [3.8, 4) is 5.75 Å².